The normalized spacial score (nSPS) is 16.8. The molecule has 1 aliphatic rings. The summed E-state index contributed by atoms with van der Waals surface area (Å²) < 4.78 is 1.70. The van der Waals surface area contributed by atoms with Crippen molar-refractivity contribution in [1.82, 2.24) is 19.7 Å². The molecule has 140 valence electrons. The zero-order valence-electron chi connectivity index (χ0n) is 15.2. The molecule has 4 heterocycles. The molecule has 0 radical (unpaired) electrons. The van der Waals surface area contributed by atoms with Gasteiger partial charge in [0, 0.05) is 24.7 Å². The Morgan fingerprint density at radius 1 is 1.21 bits per heavy atom. The maximum Gasteiger partial charge on any atom is 0.249 e. The quantitative estimate of drug-likeness (QED) is 0.579. The van der Waals surface area contributed by atoms with Crippen molar-refractivity contribution >= 4 is 39.0 Å². The van der Waals surface area contributed by atoms with Crippen LogP contribution in [0, 0.1) is 0 Å². The monoisotopic (exact) mass is 390 g/mol. The lowest BCUT2D eigenvalue weighted by Crippen LogP contribution is -2.33. The highest BCUT2D eigenvalue weighted by molar-refractivity contribution is 7.21. The van der Waals surface area contributed by atoms with E-state index in [2.05, 4.69) is 38.6 Å². The summed E-state index contributed by atoms with van der Waals surface area (Å²) in [6.07, 6.45) is 5.84. The number of hydrogen-bond donors (Lipinski definition) is 1. The van der Waals surface area contributed by atoms with Crippen molar-refractivity contribution in [3.8, 4) is 10.4 Å². The number of aryl methyl sites for hydroxylation is 1. The van der Waals surface area contributed by atoms with Crippen LogP contribution in [0.15, 0.2) is 55.1 Å². The molecule has 1 atom stereocenters. The number of aromatic nitrogens is 4. The highest BCUT2D eigenvalue weighted by atomic mass is 32.1. The first-order valence-electron chi connectivity index (χ1n) is 9.05. The molecule has 0 saturated carbocycles. The highest BCUT2D eigenvalue weighted by Crippen LogP contribution is 2.35. The number of carbonyl (C=O) groups is 1. The first-order valence-corrected chi connectivity index (χ1v) is 9.87. The second-order valence-electron chi connectivity index (χ2n) is 6.77. The lowest BCUT2D eigenvalue weighted by molar-refractivity contribution is -0.117. The minimum Gasteiger partial charge on any atom is -0.358 e. The van der Waals surface area contributed by atoms with Gasteiger partial charge in [-0.25, -0.2) is 9.97 Å². The van der Waals surface area contributed by atoms with Gasteiger partial charge in [0.2, 0.25) is 5.91 Å². The molecule has 4 aromatic rings. The molecule has 1 aliphatic heterocycles. The average molecular weight is 390 g/mol. The minimum absolute atomic E-state index is 0.0401. The van der Waals surface area contributed by atoms with E-state index < -0.39 is 0 Å². The number of anilines is 2. The molecule has 1 amide bonds. The van der Waals surface area contributed by atoms with Crippen molar-refractivity contribution in [2.45, 2.75) is 12.5 Å². The van der Waals surface area contributed by atoms with E-state index in [9.17, 15) is 4.79 Å². The zero-order valence-corrected chi connectivity index (χ0v) is 16.1. The van der Waals surface area contributed by atoms with Crippen LogP contribution in [0.3, 0.4) is 0 Å². The fourth-order valence-corrected chi connectivity index (χ4v) is 4.50. The van der Waals surface area contributed by atoms with Crippen LogP contribution in [-0.4, -0.2) is 38.2 Å². The van der Waals surface area contributed by atoms with E-state index in [0.717, 1.165) is 32.8 Å². The van der Waals surface area contributed by atoms with Gasteiger partial charge in [-0.05, 0) is 18.1 Å². The van der Waals surface area contributed by atoms with Gasteiger partial charge >= 0.3 is 0 Å². The SMILES string of the molecule is Cn1cc(N2CCC(Nc3ncnc4sc(-c5ccccc5)cc34)C2=O)cn1. The van der Waals surface area contributed by atoms with E-state index in [1.165, 1.54) is 0 Å². The predicted octanol–water partition coefficient (Wildman–Crippen LogP) is 3.31. The van der Waals surface area contributed by atoms with Gasteiger partial charge in [0.05, 0.1) is 17.3 Å². The van der Waals surface area contributed by atoms with Crippen LogP contribution in [0.5, 0.6) is 0 Å². The van der Waals surface area contributed by atoms with E-state index in [4.69, 9.17) is 0 Å². The fraction of sp³-hybridized carbons (Fsp3) is 0.200. The van der Waals surface area contributed by atoms with Crippen molar-refractivity contribution in [2.24, 2.45) is 7.05 Å². The van der Waals surface area contributed by atoms with Gasteiger partial charge in [0.15, 0.2) is 0 Å². The Hall–Kier alpha value is -3.26. The van der Waals surface area contributed by atoms with Gasteiger partial charge in [0.25, 0.3) is 0 Å². The third-order valence-corrected chi connectivity index (χ3v) is 6.00. The Bertz CT molecular complexity index is 1150. The van der Waals surface area contributed by atoms with Crippen LogP contribution in [-0.2, 0) is 11.8 Å². The number of rotatable bonds is 4. The van der Waals surface area contributed by atoms with Crippen LogP contribution >= 0.6 is 11.3 Å². The maximum atomic E-state index is 12.9. The third-order valence-electron chi connectivity index (χ3n) is 4.91. The van der Waals surface area contributed by atoms with Crippen LogP contribution in [0.2, 0.25) is 0 Å². The van der Waals surface area contributed by atoms with Gasteiger partial charge in [0.1, 0.15) is 23.0 Å². The van der Waals surface area contributed by atoms with E-state index in [-0.39, 0.29) is 11.9 Å². The molecule has 1 unspecified atom stereocenters. The lowest BCUT2D eigenvalue weighted by Gasteiger charge is -2.15. The molecule has 3 aromatic heterocycles. The van der Waals surface area contributed by atoms with Gasteiger partial charge in [-0.1, -0.05) is 30.3 Å². The third kappa shape index (κ3) is 2.91. The van der Waals surface area contributed by atoms with E-state index in [1.807, 2.05) is 31.4 Å². The number of nitrogens with zero attached hydrogens (tertiary/aromatic N) is 5. The molecule has 1 saturated heterocycles. The van der Waals surface area contributed by atoms with E-state index in [0.29, 0.717) is 12.4 Å². The van der Waals surface area contributed by atoms with E-state index >= 15 is 0 Å². The van der Waals surface area contributed by atoms with Gasteiger partial charge in [-0.15, -0.1) is 11.3 Å². The summed E-state index contributed by atoms with van der Waals surface area (Å²) in [5, 5.41) is 8.45. The molecule has 28 heavy (non-hydrogen) atoms. The molecule has 8 heteroatoms. The first-order chi connectivity index (χ1) is 13.7. The number of amides is 1. The molecule has 7 nitrogen and oxygen atoms in total. The van der Waals surface area contributed by atoms with E-state index in [1.54, 1.807) is 33.4 Å². The summed E-state index contributed by atoms with van der Waals surface area (Å²) in [5.41, 5.74) is 1.97. The van der Waals surface area contributed by atoms with Crippen molar-refractivity contribution < 1.29 is 4.79 Å². The van der Waals surface area contributed by atoms with Gasteiger partial charge in [-0.3, -0.25) is 9.48 Å². The summed E-state index contributed by atoms with van der Waals surface area (Å²) in [6.45, 7) is 0.662. The average Bonchev–Trinajstić information content (AvgIpc) is 3.42. The van der Waals surface area contributed by atoms with Crippen LogP contribution in [0.25, 0.3) is 20.7 Å². The Balaban J connectivity index is 1.42. The smallest absolute Gasteiger partial charge is 0.249 e. The number of fused-ring (bicyclic) bond motifs is 1. The van der Waals surface area contributed by atoms with Crippen LogP contribution in [0.1, 0.15) is 6.42 Å². The Labute approximate surface area is 165 Å². The molecule has 5 rings (SSSR count). The fourth-order valence-electron chi connectivity index (χ4n) is 3.50. The lowest BCUT2D eigenvalue weighted by atomic mass is 10.2. The molecule has 1 N–H and O–H groups in total. The number of benzene rings is 1. The zero-order chi connectivity index (χ0) is 19.1. The van der Waals surface area contributed by atoms with Gasteiger partial charge < -0.3 is 10.2 Å². The largest absolute Gasteiger partial charge is 0.358 e. The maximum absolute atomic E-state index is 12.9. The summed E-state index contributed by atoms with van der Waals surface area (Å²) in [5.74, 6) is 0.744. The number of carbonyl (C=O) groups excluding carboxylic acids is 1. The molecule has 0 bridgehead atoms. The second kappa shape index (κ2) is 6.72. The summed E-state index contributed by atoms with van der Waals surface area (Å²) in [7, 11) is 1.85. The predicted molar refractivity (Wildman–Crippen MR) is 110 cm³/mol. The Kier molecular flexibility index (Phi) is 4.05. The summed E-state index contributed by atoms with van der Waals surface area (Å²) in [4.78, 5) is 25.5. The van der Waals surface area contributed by atoms with Crippen LogP contribution < -0.4 is 10.2 Å². The van der Waals surface area contributed by atoms with Crippen molar-refractivity contribution in [3.05, 3.63) is 55.1 Å². The number of nitrogens with one attached hydrogen (secondary N) is 1. The standard InChI is InChI=1S/C20H18N6OS/c1-25-11-14(10-23-25)26-8-7-16(20(26)27)24-18-15-9-17(13-5-3-2-4-6-13)28-19(15)22-12-21-18/h2-6,9-12,16H,7-8H2,1H3,(H,21,22,24). The van der Waals surface area contributed by atoms with Gasteiger partial charge in [-0.2, -0.15) is 5.10 Å². The molecular weight excluding hydrogens is 372 g/mol. The number of hydrogen-bond acceptors (Lipinski definition) is 6. The second-order valence-corrected chi connectivity index (χ2v) is 7.80. The first kappa shape index (κ1) is 16.9. The Morgan fingerprint density at radius 3 is 2.86 bits per heavy atom. The Morgan fingerprint density at radius 2 is 2.07 bits per heavy atom. The summed E-state index contributed by atoms with van der Waals surface area (Å²) in [6, 6.07) is 12.0. The molecule has 0 aliphatic carbocycles. The molecule has 0 spiro atoms. The number of thiophene rings is 1. The highest BCUT2D eigenvalue weighted by Gasteiger charge is 2.33. The summed E-state index contributed by atoms with van der Waals surface area (Å²) >= 11 is 1.63. The van der Waals surface area contributed by atoms with Crippen molar-refractivity contribution in [2.75, 3.05) is 16.8 Å². The topological polar surface area (TPSA) is 75.9 Å². The molecule has 1 fully saturated rings. The molecule has 1 aromatic carbocycles. The van der Waals surface area contributed by atoms with Crippen molar-refractivity contribution in [1.29, 1.82) is 0 Å². The molecular formula is C20H18N6OS. The minimum atomic E-state index is -0.307. The van der Waals surface area contributed by atoms with Crippen LogP contribution in [0.4, 0.5) is 11.5 Å². The van der Waals surface area contributed by atoms with Crippen molar-refractivity contribution in [3.63, 3.8) is 0 Å².